The molecule has 0 saturated carbocycles. The summed E-state index contributed by atoms with van der Waals surface area (Å²) in [6.45, 7) is 5.85. The van der Waals surface area contributed by atoms with Gasteiger partial charge in [-0.3, -0.25) is 14.4 Å². The molecular weight excluding hydrogens is 432 g/mol. The predicted octanol–water partition coefficient (Wildman–Crippen LogP) is 4.88. The molecule has 1 fully saturated rings. The number of ether oxygens (including phenoxy) is 2. The Bertz CT molecular complexity index is 767. The third kappa shape index (κ3) is 9.35. The molecule has 1 saturated heterocycles. The van der Waals surface area contributed by atoms with Crippen molar-refractivity contribution in [2.45, 2.75) is 90.5 Å². The van der Waals surface area contributed by atoms with E-state index in [1.54, 1.807) is 18.2 Å². The molecule has 0 spiro atoms. The predicted molar refractivity (Wildman–Crippen MR) is 133 cm³/mol. The SMILES string of the molecule is CCCCCCCCCCOC(=O)CC1C(=O)NCCN1C(=O)c1ccccc1OCCCC. The molecule has 2 rings (SSSR count). The van der Waals surface area contributed by atoms with Crippen molar-refractivity contribution in [3.63, 3.8) is 0 Å². The van der Waals surface area contributed by atoms with Gasteiger partial charge in [-0.25, -0.2) is 0 Å². The second kappa shape index (κ2) is 16.1. The van der Waals surface area contributed by atoms with Gasteiger partial charge in [0.15, 0.2) is 0 Å². The van der Waals surface area contributed by atoms with E-state index in [4.69, 9.17) is 9.47 Å². The van der Waals surface area contributed by atoms with Gasteiger partial charge < -0.3 is 19.7 Å². The topological polar surface area (TPSA) is 84.9 Å². The van der Waals surface area contributed by atoms with Gasteiger partial charge in [-0.15, -0.1) is 0 Å². The van der Waals surface area contributed by atoms with E-state index in [0.29, 0.717) is 37.6 Å². The molecule has 0 bridgehead atoms. The molecule has 190 valence electrons. The zero-order valence-electron chi connectivity index (χ0n) is 21.0. The molecule has 7 nitrogen and oxygen atoms in total. The van der Waals surface area contributed by atoms with E-state index >= 15 is 0 Å². The van der Waals surface area contributed by atoms with E-state index in [-0.39, 0.29) is 18.2 Å². The summed E-state index contributed by atoms with van der Waals surface area (Å²) < 4.78 is 11.2. The van der Waals surface area contributed by atoms with Crippen molar-refractivity contribution in [1.29, 1.82) is 0 Å². The second-order valence-electron chi connectivity index (χ2n) is 8.90. The van der Waals surface area contributed by atoms with Gasteiger partial charge in [0.25, 0.3) is 5.91 Å². The third-order valence-corrected chi connectivity index (χ3v) is 6.09. The minimum atomic E-state index is -0.879. The highest BCUT2D eigenvalue weighted by atomic mass is 16.5. The van der Waals surface area contributed by atoms with Gasteiger partial charge in [0.1, 0.15) is 11.8 Å². The van der Waals surface area contributed by atoms with Crippen LogP contribution in [0, 0.1) is 0 Å². The van der Waals surface area contributed by atoms with Gasteiger partial charge in [-0.05, 0) is 25.0 Å². The quantitative estimate of drug-likeness (QED) is 0.273. The Labute approximate surface area is 204 Å². The summed E-state index contributed by atoms with van der Waals surface area (Å²) in [7, 11) is 0. The maximum atomic E-state index is 13.3. The molecule has 0 aromatic heterocycles. The molecule has 1 N–H and O–H groups in total. The van der Waals surface area contributed by atoms with Crippen molar-refractivity contribution in [1.82, 2.24) is 10.2 Å². The van der Waals surface area contributed by atoms with Crippen LogP contribution in [0.4, 0.5) is 0 Å². The molecule has 7 heteroatoms. The van der Waals surface area contributed by atoms with E-state index in [0.717, 1.165) is 32.1 Å². The molecular formula is C27H42N2O5. The molecule has 0 aliphatic carbocycles. The molecule has 1 aromatic rings. The number of carbonyl (C=O) groups is 3. The number of piperazine rings is 1. The first kappa shape index (κ1) is 27.7. The Morgan fingerprint density at radius 2 is 1.62 bits per heavy atom. The van der Waals surface area contributed by atoms with Gasteiger partial charge in [0, 0.05) is 13.1 Å². The largest absolute Gasteiger partial charge is 0.493 e. The fourth-order valence-electron chi connectivity index (χ4n) is 4.05. The third-order valence-electron chi connectivity index (χ3n) is 6.09. The van der Waals surface area contributed by atoms with Crippen LogP contribution in [-0.2, 0) is 14.3 Å². The van der Waals surface area contributed by atoms with Crippen LogP contribution < -0.4 is 10.1 Å². The fourth-order valence-corrected chi connectivity index (χ4v) is 4.05. The Kier molecular flexibility index (Phi) is 13.1. The number of unbranched alkanes of at least 4 members (excludes halogenated alkanes) is 8. The smallest absolute Gasteiger partial charge is 0.308 e. The number of amides is 2. The molecule has 1 heterocycles. The Morgan fingerprint density at radius 1 is 0.941 bits per heavy atom. The Morgan fingerprint density at radius 3 is 2.35 bits per heavy atom. The minimum Gasteiger partial charge on any atom is -0.493 e. The van der Waals surface area contributed by atoms with Crippen molar-refractivity contribution >= 4 is 17.8 Å². The number of hydrogen-bond acceptors (Lipinski definition) is 5. The number of benzene rings is 1. The lowest BCUT2D eigenvalue weighted by Crippen LogP contribution is -2.57. The zero-order valence-corrected chi connectivity index (χ0v) is 21.0. The number of nitrogens with zero attached hydrogens (tertiary/aromatic N) is 1. The summed E-state index contributed by atoms with van der Waals surface area (Å²) in [5.41, 5.74) is 0.408. The van der Waals surface area contributed by atoms with E-state index < -0.39 is 12.0 Å². The first-order chi connectivity index (χ1) is 16.6. The van der Waals surface area contributed by atoms with E-state index in [1.807, 2.05) is 6.07 Å². The monoisotopic (exact) mass is 474 g/mol. The summed E-state index contributed by atoms with van der Waals surface area (Å²) in [4.78, 5) is 39.8. The normalized spacial score (nSPS) is 15.6. The van der Waals surface area contributed by atoms with E-state index in [2.05, 4.69) is 19.2 Å². The fraction of sp³-hybridized carbons (Fsp3) is 0.667. The standard InChI is InChI=1S/C27H42N2O5/c1-3-5-7-8-9-10-11-14-20-34-25(30)21-23-26(31)28-17-18-29(23)27(32)22-15-12-13-16-24(22)33-19-6-4-2/h12-13,15-16,23H,3-11,14,17-21H2,1-2H3,(H,28,31). The molecule has 0 radical (unpaired) electrons. The van der Waals surface area contributed by atoms with Crippen molar-refractivity contribution in [3.05, 3.63) is 29.8 Å². The lowest BCUT2D eigenvalue weighted by atomic mass is 10.1. The van der Waals surface area contributed by atoms with Gasteiger partial charge in [-0.1, -0.05) is 77.3 Å². The van der Waals surface area contributed by atoms with Gasteiger partial charge >= 0.3 is 5.97 Å². The van der Waals surface area contributed by atoms with Crippen LogP contribution in [0.15, 0.2) is 24.3 Å². The van der Waals surface area contributed by atoms with Gasteiger partial charge in [0.05, 0.1) is 25.2 Å². The lowest BCUT2D eigenvalue weighted by molar-refractivity contribution is -0.147. The summed E-state index contributed by atoms with van der Waals surface area (Å²) in [5.74, 6) is -0.575. The maximum Gasteiger partial charge on any atom is 0.308 e. The van der Waals surface area contributed by atoms with Crippen LogP contribution >= 0.6 is 0 Å². The van der Waals surface area contributed by atoms with Crippen molar-refractivity contribution in [2.75, 3.05) is 26.3 Å². The summed E-state index contributed by atoms with van der Waals surface area (Å²) in [5, 5.41) is 2.76. The van der Waals surface area contributed by atoms with Crippen LogP contribution in [0.3, 0.4) is 0 Å². The maximum absolute atomic E-state index is 13.3. The summed E-state index contributed by atoms with van der Waals surface area (Å²) >= 11 is 0. The molecule has 2 amide bonds. The molecule has 34 heavy (non-hydrogen) atoms. The lowest BCUT2D eigenvalue weighted by Gasteiger charge is -2.34. The number of rotatable bonds is 16. The number of nitrogens with one attached hydrogen (secondary N) is 1. The van der Waals surface area contributed by atoms with Crippen LogP contribution in [0.1, 0.15) is 94.8 Å². The van der Waals surface area contributed by atoms with Crippen molar-refractivity contribution in [3.8, 4) is 5.75 Å². The Balaban J connectivity index is 1.86. The van der Waals surface area contributed by atoms with Gasteiger partial charge in [0.2, 0.25) is 5.91 Å². The number of esters is 1. The first-order valence-corrected chi connectivity index (χ1v) is 13.0. The average molecular weight is 475 g/mol. The Hall–Kier alpha value is -2.57. The van der Waals surface area contributed by atoms with E-state index in [9.17, 15) is 14.4 Å². The number of hydrogen-bond donors (Lipinski definition) is 1. The molecule has 1 unspecified atom stereocenters. The van der Waals surface area contributed by atoms with Crippen LogP contribution in [0.25, 0.3) is 0 Å². The van der Waals surface area contributed by atoms with Crippen molar-refractivity contribution in [2.24, 2.45) is 0 Å². The van der Waals surface area contributed by atoms with Crippen LogP contribution in [0.2, 0.25) is 0 Å². The molecule has 1 aliphatic heterocycles. The van der Waals surface area contributed by atoms with E-state index in [1.165, 1.54) is 37.0 Å². The second-order valence-corrected chi connectivity index (χ2v) is 8.90. The number of carbonyl (C=O) groups excluding carboxylic acids is 3. The average Bonchev–Trinajstić information content (AvgIpc) is 2.84. The van der Waals surface area contributed by atoms with Crippen LogP contribution in [0.5, 0.6) is 5.75 Å². The van der Waals surface area contributed by atoms with Crippen LogP contribution in [-0.4, -0.2) is 55.0 Å². The highest BCUT2D eigenvalue weighted by Crippen LogP contribution is 2.23. The molecule has 1 aliphatic rings. The molecule has 1 aromatic carbocycles. The summed E-state index contributed by atoms with van der Waals surface area (Å²) in [6.07, 6.45) is 11.1. The number of para-hydroxylation sites is 1. The zero-order chi connectivity index (χ0) is 24.6. The van der Waals surface area contributed by atoms with Crippen molar-refractivity contribution < 1.29 is 23.9 Å². The minimum absolute atomic E-state index is 0.145. The summed E-state index contributed by atoms with van der Waals surface area (Å²) in [6, 6.07) is 6.18. The molecule has 1 atom stereocenters. The highest BCUT2D eigenvalue weighted by Gasteiger charge is 2.36. The highest BCUT2D eigenvalue weighted by molar-refractivity contribution is 6.01. The first-order valence-electron chi connectivity index (χ1n) is 13.0. The van der Waals surface area contributed by atoms with Gasteiger partial charge in [-0.2, -0.15) is 0 Å².